The fraction of sp³-hybridized carbons (Fsp3) is 0.464. The van der Waals surface area contributed by atoms with Crippen LogP contribution in [0.5, 0.6) is 0 Å². The Bertz CT molecular complexity index is 1040. The number of amides is 2. The van der Waals surface area contributed by atoms with Crippen molar-refractivity contribution in [2.24, 2.45) is 11.8 Å². The number of carboxylic acids is 1. The highest BCUT2D eigenvalue weighted by Gasteiger charge is 2.39. The molecule has 0 radical (unpaired) electrons. The molecule has 1 aliphatic heterocycles. The van der Waals surface area contributed by atoms with Crippen LogP contribution in [0.3, 0.4) is 0 Å². The number of nitrogens with zero attached hydrogens (tertiary/aromatic N) is 1. The van der Waals surface area contributed by atoms with Gasteiger partial charge in [0.2, 0.25) is 5.91 Å². The van der Waals surface area contributed by atoms with E-state index < -0.39 is 18.1 Å². The molecule has 35 heavy (non-hydrogen) atoms. The SMILES string of the molecule is CC(CCNC(=O)OCC1c2ccccc2-c2ccccc21)CCC(=O)N1CCC(C)C1C(=O)O. The molecule has 1 aliphatic carbocycles. The molecule has 3 unspecified atom stereocenters. The van der Waals surface area contributed by atoms with E-state index in [9.17, 15) is 19.5 Å². The number of alkyl carbamates (subject to hydrolysis) is 1. The van der Waals surface area contributed by atoms with Gasteiger partial charge in [-0.15, -0.1) is 0 Å². The number of benzene rings is 2. The number of carbonyl (C=O) groups excluding carboxylic acids is 2. The van der Waals surface area contributed by atoms with E-state index in [2.05, 4.69) is 29.6 Å². The number of ether oxygens (including phenoxy) is 1. The molecule has 7 nitrogen and oxygen atoms in total. The lowest BCUT2D eigenvalue weighted by atomic mass is 9.98. The Balaban J connectivity index is 1.18. The van der Waals surface area contributed by atoms with E-state index >= 15 is 0 Å². The van der Waals surface area contributed by atoms with Crippen molar-refractivity contribution < 1.29 is 24.2 Å². The van der Waals surface area contributed by atoms with Crippen LogP contribution in [0.25, 0.3) is 11.1 Å². The third kappa shape index (κ3) is 5.50. The normalized spacial score (nSPS) is 19.7. The molecule has 2 aliphatic rings. The number of hydrogen-bond acceptors (Lipinski definition) is 4. The Hall–Kier alpha value is -3.35. The van der Waals surface area contributed by atoms with Crippen LogP contribution in [0.1, 0.15) is 56.6 Å². The summed E-state index contributed by atoms with van der Waals surface area (Å²) in [6, 6.07) is 15.7. The smallest absolute Gasteiger partial charge is 0.407 e. The fourth-order valence-corrected chi connectivity index (χ4v) is 5.33. The fourth-order valence-electron chi connectivity index (χ4n) is 5.33. The highest BCUT2D eigenvalue weighted by molar-refractivity contribution is 5.84. The number of hydrogen-bond donors (Lipinski definition) is 2. The minimum Gasteiger partial charge on any atom is -0.480 e. The quantitative estimate of drug-likeness (QED) is 0.547. The van der Waals surface area contributed by atoms with Gasteiger partial charge in [0, 0.05) is 25.4 Å². The second-order valence-corrected chi connectivity index (χ2v) is 9.82. The molecule has 0 bridgehead atoms. The van der Waals surface area contributed by atoms with E-state index in [4.69, 9.17) is 4.74 Å². The van der Waals surface area contributed by atoms with Crippen LogP contribution in [0.4, 0.5) is 4.79 Å². The summed E-state index contributed by atoms with van der Waals surface area (Å²) in [7, 11) is 0. The zero-order valence-electron chi connectivity index (χ0n) is 20.4. The summed E-state index contributed by atoms with van der Waals surface area (Å²) in [5.74, 6) is -0.797. The monoisotopic (exact) mass is 478 g/mol. The van der Waals surface area contributed by atoms with Gasteiger partial charge in [0.25, 0.3) is 0 Å². The van der Waals surface area contributed by atoms with E-state index in [0.29, 0.717) is 25.9 Å². The van der Waals surface area contributed by atoms with Crippen LogP contribution in [0.15, 0.2) is 48.5 Å². The molecule has 1 heterocycles. The topological polar surface area (TPSA) is 95.9 Å². The van der Waals surface area contributed by atoms with Crippen molar-refractivity contribution in [2.45, 2.75) is 51.5 Å². The van der Waals surface area contributed by atoms with Gasteiger partial charge in [-0.3, -0.25) is 4.79 Å². The van der Waals surface area contributed by atoms with Crippen LogP contribution in [-0.4, -0.2) is 53.7 Å². The molecule has 7 heteroatoms. The first-order chi connectivity index (χ1) is 16.9. The van der Waals surface area contributed by atoms with Gasteiger partial charge in [0.1, 0.15) is 12.6 Å². The van der Waals surface area contributed by atoms with Crippen LogP contribution >= 0.6 is 0 Å². The Morgan fingerprint density at radius 1 is 1.06 bits per heavy atom. The molecule has 0 spiro atoms. The zero-order chi connectivity index (χ0) is 24.9. The molecule has 1 fully saturated rings. The number of likely N-dealkylation sites (tertiary alicyclic amines) is 1. The number of carbonyl (C=O) groups is 3. The highest BCUT2D eigenvalue weighted by atomic mass is 16.5. The van der Waals surface area contributed by atoms with Crippen LogP contribution in [0, 0.1) is 11.8 Å². The Kier molecular flexibility index (Phi) is 7.73. The summed E-state index contributed by atoms with van der Waals surface area (Å²) in [4.78, 5) is 37.9. The van der Waals surface area contributed by atoms with E-state index in [1.807, 2.05) is 38.1 Å². The third-order valence-electron chi connectivity index (χ3n) is 7.37. The molecule has 2 aromatic carbocycles. The predicted molar refractivity (Wildman–Crippen MR) is 133 cm³/mol. The summed E-state index contributed by atoms with van der Waals surface area (Å²) in [5.41, 5.74) is 4.74. The molecule has 2 aromatic rings. The lowest BCUT2D eigenvalue weighted by molar-refractivity contribution is -0.149. The van der Waals surface area contributed by atoms with Gasteiger partial charge in [-0.25, -0.2) is 9.59 Å². The van der Waals surface area contributed by atoms with Crippen LogP contribution in [0.2, 0.25) is 0 Å². The third-order valence-corrected chi connectivity index (χ3v) is 7.37. The molecule has 186 valence electrons. The van der Waals surface area contributed by atoms with E-state index in [0.717, 1.165) is 12.8 Å². The van der Waals surface area contributed by atoms with Gasteiger partial charge in [0.15, 0.2) is 0 Å². The number of rotatable bonds is 9. The molecule has 3 atom stereocenters. The Morgan fingerprint density at radius 2 is 1.69 bits per heavy atom. The summed E-state index contributed by atoms with van der Waals surface area (Å²) < 4.78 is 5.56. The van der Waals surface area contributed by atoms with Crippen LogP contribution < -0.4 is 5.32 Å². The molecule has 2 N–H and O–H groups in total. The van der Waals surface area contributed by atoms with Crippen molar-refractivity contribution in [3.63, 3.8) is 0 Å². The lowest BCUT2D eigenvalue weighted by Gasteiger charge is -2.24. The standard InChI is InChI=1S/C28H34N2O5/c1-18(11-12-25(31)30-16-14-19(2)26(30)27(32)33)13-15-29-28(34)35-17-24-22-9-5-3-7-20(22)21-8-4-6-10-23(21)24/h3-10,18-19,24,26H,11-17H2,1-2H3,(H,29,34)(H,32,33). The van der Waals surface area contributed by atoms with Crippen molar-refractivity contribution in [1.29, 1.82) is 0 Å². The van der Waals surface area contributed by atoms with E-state index in [1.165, 1.54) is 27.2 Å². The second kappa shape index (κ2) is 10.9. The zero-order valence-corrected chi connectivity index (χ0v) is 20.4. The van der Waals surface area contributed by atoms with Crippen LogP contribution in [-0.2, 0) is 14.3 Å². The minimum absolute atomic E-state index is 0.0183. The first-order valence-corrected chi connectivity index (χ1v) is 12.5. The largest absolute Gasteiger partial charge is 0.480 e. The molecule has 4 rings (SSSR count). The molecule has 2 amide bonds. The first kappa shape index (κ1) is 24.8. The minimum atomic E-state index is -0.927. The van der Waals surface area contributed by atoms with Gasteiger partial charge in [-0.2, -0.15) is 0 Å². The molecular formula is C28H34N2O5. The summed E-state index contributed by atoms with van der Waals surface area (Å²) in [5, 5.41) is 12.2. The van der Waals surface area contributed by atoms with Crippen molar-refractivity contribution in [3.8, 4) is 11.1 Å². The van der Waals surface area contributed by atoms with E-state index in [-0.39, 0.29) is 30.3 Å². The predicted octanol–water partition coefficient (Wildman–Crippen LogP) is 4.65. The van der Waals surface area contributed by atoms with Gasteiger partial charge in [0.05, 0.1) is 0 Å². The highest BCUT2D eigenvalue weighted by Crippen LogP contribution is 2.44. The molecule has 0 saturated carbocycles. The Labute approximate surface area is 206 Å². The maximum Gasteiger partial charge on any atom is 0.407 e. The van der Waals surface area contributed by atoms with Crippen molar-refractivity contribution in [2.75, 3.05) is 19.7 Å². The van der Waals surface area contributed by atoms with Crippen molar-refractivity contribution in [3.05, 3.63) is 59.7 Å². The maximum atomic E-state index is 12.6. The average molecular weight is 479 g/mol. The summed E-state index contributed by atoms with van der Waals surface area (Å²) >= 11 is 0. The molecule has 0 aromatic heterocycles. The lowest BCUT2D eigenvalue weighted by Crippen LogP contribution is -2.42. The number of nitrogens with one attached hydrogen (secondary N) is 1. The second-order valence-electron chi connectivity index (χ2n) is 9.82. The van der Waals surface area contributed by atoms with Crippen molar-refractivity contribution >= 4 is 18.0 Å². The first-order valence-electron chi connectivity index (χ1n) is 12.5. The Morgan fingerprint density at radius 3 is 2.31 bits per heavy atom. The number of fused-ring (bicyclic) bond motifs is 3. The summed E-state index contributed by atoms with van der Waals surface area (Å²) in [6.07, 6.45) is 1.98. The number of aliphatic carboxylic acids is 1. The molecule has 1 saturated heterocycles. The average Bonchev–Trinajstić information content (AvgIpc) is 3.39. The van der Waals surface area contributed by atoms with Gasteiger partial charge < -0.3 is 20.1 Å². The van der Waals surface area contributed by atoms with E-state index in [1.54, 1.807) is 0 Å². The van der Waals surface area contributed by atoms with Crippen molar-refractivity contribution in [1.82, 2.24) is 10.2 Å². The maximum absolute atomic E-state index is 12.6. The van der Waals surface area contributed by atoms with Gasteiger partial charge >= 0.3 is 12.1 Å². The molecular weight excluding hydrogens is 444 g/mol. The number of carboxylic acid groups (broad SMARTS) is 1. The van der Waals surface area contributed by atoms with Gasteiger partial charge in [-0.1, -0.05) is 62.4 Å². The summed E-state index contributed by atoms with van der Waals surface area (Å²) in [6.45, 7) is 5.17. The van der Waals surface area contributed by atoms with Gasteiger partial charge in [-0.05, 0) is 53.4 Å².